The number of ether oxygens (including phenoxy) is 1. The highest BCUT2D eigenvalue weighted by Crippen LogP contribution is 2.06. The van der Waals surface area contributed by atoms with E-state index in [-0.39, 0.29) is 24.9 Å². The van der Waals surface area contributed by atoms with Crippen LogP contribution in [0.5, 0.6) is 0 Å². The minimum Gasteiger partial charge on any atom is -0.480 e. The maximum atomic E-state index is 12.1. The Kier molecular flexibility index (Phi) is 7.96. The van der Waals surface area contributed by atoms with Gasteiger partial charge < -0.3 is 20.5 Å². The average Bonchev–Trinajstić information content (AvgIpc) is 2.53. The molecule has 1 atom stereocenters. The molecule has 11 heteroatoms. The summed E-state index contributed by atoms with van der Waals surface area (Å²) in [6, 6.07) is -1.19. The highest BCUT2D eigenvalue weighted by atomic mass is 16.6. The average molecular weight is 398 g/mol. The standard InChI is InChI=1S/C17H26N4O7/c1-10-8-21(15(26)20-13(10)23)9-12(22)19-11(14(24)25)6-5-7-18-16(27)28-17(2,3)4/h8,11H,5-7,9H2,1-4H3,(H,18,27)(H,19,22)(H,24,25)(H,20,23,26)/t11-/m0/s1. The molecule has 4 N–H and O–H groups in total. The molecule has 28 heavy (non-hydrogen) atoms. The number of alkyl carbamates (subject to hydrolysis) is 1. The maximum absolute atomic E-state index is 12.1. The number of carbonyl (C=O) groups excluding carboxylic acids is 2. The number of carbonyl (C=O) groups is 3. The number of aromatic nitrogens is 2. The van der Waals surface area contributed by atoms with Gasteiger partial charge in [0.25, 0.3) is 5.56 Å². The zero-order valence-electron chi connectivity index (χ0n) is 16.3. The minimum absolute atomic E-state index is 0.0659. The normalized spacial score (nSPS) is 12.1. The lowest BCUT2D eigenvalue weighted by molar-refractivity contribution is -0.142. The van der Waals surface area contributed by atoms with Gasteiger partial charge >= 0.3 is 17.8 Å². The number of nitrogens with one attached hydrogen (secondary N) is 3. The second-order valence-electron chi connectivity index (χ2n) is 7.23. The molecule has 0 saturated heterocycles. The van der Waals surface area contributed by atoms with Crippen LogP contribution in [0.4, 0.5) is 4.79 Å². The molecular formula is C17H26N4O7. The van der Waals surface area contributed by atoms with E-state index in [4.69, 9.17) is 4.74 Å². The molecule has 2 amide bonds. The van der Waals surface area contributed by atoms with Gasteiger partial charge in [0.05, 0.1) is 0 Å². The van der Waals surface area contributed by atoms with Gasteiger partial charge in [-0.1, -0.05) is 0 Å². The molecule has 0 aliphatic carbocycles. The quantitative estimate of drug-likeness (QED) is 0.438. The van der Waals surface area contributed by atoms with Crippen molar-refractivity contribution >= 4 is 18.0 Å². The Labute approximate surface area is 161 Å². The van der Waals surface area contributed by atoms with Crippen molar-refractivity contribution in [1.82, 2.24) is 20.2 Å². The highest BCUT2D eigenvalue weighted by Gasteiger charge is 2.21. The van der Waals surface area contributed by atoms with Crippen molar-refractivity contribution < 1.29 is 24.2 Å². The Morgan fingerprint density at radius 3 is 2.50 bits per heavy atom. The van der Waals surface area contributed by atoms with Gasteiger partial charge in [-0.05, 0) is 40.5 Å². The van der Waals surface area contributed by atoms with E-state index in [0.29, 0.717) is 0 Å². The molecule has 0 radical (unpaired) electrons. The summed E-state index contributed by atoms with van der Waals surface area (Å²) in [5, 5.41) is 14.1. The van der Waals surface area contributed by atoms with Crippen LogP contribution in [-0.2, 0) is 20.9 Å². The smallest absolute Gasteiger partial charge is 0.407 e. The Balaban J connectivity index is 2.54. The summed E-state index contributed by atoms with van der Waals surface area (Å²) in [4.78, 5) is 60.0. The number of hydrogen-bond acceptors (Lipinski definition) is 6. The highest BCUT2D eigenvalue weighted by molar-refractivity contribution is 5.83. The summed E-state index contributed by atoms with van der Waals surface area (Å²) in [5.74, 6) is -1.93. The summed E-state index contributed by atoms with van der Waals surface area (Å²) in [5.41, 5.74) is -1.71. The molecule has 0 spiro atoms. The molecule has 0 fully saturated rings. The lowest BCUT2D eigenvalue weighted by Gasteiger charge is -2.20. The Hall–Kier alpha value is -3.11. The van der Waals surface area contributed by atoms with Crippen LogP contribution >= 0.6 is 0 Å². The molecule has 11 nitrogen and oxygen atoms in total. The van der Waals surface area contributed by atoms with Crippen molar-refractivity contribution in [3.63, 3.8) is 0 Å². The first-order chi connectivity index (χ1) is 12.9. The van der Waals surface area contributed by atoms with E-state index in [9.17, 15) is 29.1 Å². The summed E-state index contributed by atoms with van der Waals surface area (Å²) in [6.45, 7) is 6.38. The lowest BCUT2D eigenvalue weighted by atomic mass is 10.1. The molecule has 156 valence electrons. The number of carboxylic acid groups (broad SMARTS) is 1. The van der Waals surface area contributed by atoms with Crippen LogP contribution in [0.1, 0.15) is 39.2 Å². The van der Waals surface area contributed by atoms with Crippen molar-refractivity contribution in [1.29, 1.82) is 0 Å². The van der Waals surface area contributed by atoms with Crippen LogP contribution in [0.25, 0.3) is 0 Å². The molecular weight excluding hydrogens is 372 g/mol. The van der Waals surface area contributed by atoms with Crippen molar-refractivity contribution in [3.05, 3.63) is 32.6 Å². The lowest BCUT2D eigenvalue weighted by Crippen LogP contribution is -2.44. The molecule has 1 rings (SSSR count). The second kappa shape index (κ2) is 9.72. The molecule has 0 aliphatic heterocycles. The van der Waals surface area contributed by atoms with Gasteiger partial charge in [0.15, 0.2) is 0 Å². The third-order valence-corrected chi connectivity index (χ3v) is 3.47. The molecule has 1 aromatic heterocycles. The first-order valence-electron chi connectivity index (χ1n) is 8.68. The summed E-state index contributed by atoms with van der Waals surface area (Å²) in [6.07, 6.45) is 0.961. The van der Waals surface area contributed by atoms with E-state index in [1.54, 1.807) is 20.8 Å². The van der Waals surface area contributed by atoms with Crippen molar-refractivity contribution in [2.45, 2.75) is 58.7 Å². The number of hydrogen-bond donors (Lipinski definition) is 4. The number of H-pyrrole nitrogens is 1. The molecule has 1 heterocycles. The number of aromatic amines is 1. The van der Waals surface area contributed by atoms with Crippen LogP contribution < -0.4 is 21.9 Å². The van der Waals surface area contributed by atoms with Gasteiger partial charge in [-0.3, -0.25) is 19.1 Å². The number of rotatable bonds is 8. The first kappa shape index (κ1) is 22.9. The molecule has 0 bridgehead atoms. The number of carboxylic acids is 1. The number of nitrogens with zero attached hydrogens (tertiary/aromatic N) is 1. The summed E-state index contributed by atoms with van der Waals surface area (Å²) in [7, 11) is 0. The van der Waals surface area contributed by atoms with Crippen LogP contribution in [0.2, 0.25) is 0 Å². The van der Waals surface area contributed by atoms with Gasteiger partial charge in [-0.25, -0.2) is 14.4 Å². The van der Waals surface area contributed by atoms with Gasteiger partial charge in [0.1, 0.15) is 18.2 Å². The molecule has 0 unspecified atom stereocenters. The van der Waals surface area contributed by atoms with Gasteiger partial charge in [0, 0.05) is 18.3 Å². The van der Waals surface area contributed by atoms with E-state index in [0.717, 1.165) is 4.57 Å². The minimum atomic E-state index is -1.24. The van der Waals surface area contributed by atoms with E-state index < -0.39 is 47.4 Å². The molecule has 0 aromatic carbocycles. The predicted octanol–water partition coefficient (Wildman–Crippen LogP) is -0.281. The van der Waals surface area contributed by atoms with Gasteiger partial charge in [-0.2, -0.15) is 0 Å². The summed E-state index contributed by atoms with van der Waals surface area (Å²) >= 11 is 0. The molecule has 0 aliphatic rings. The third-order valence-electron chi connectivity index (χ3n) is 3.47. The zero-order chi connectivity index (χ0) is 21.5. The Bertz CT molecular complexity index is 835. The molecule has 1 aromatic rings. The van der Waals surface area contributed by atoms with E-state index in [1.807, 2.05) is 0 Å². The number of amides is 2. The third kappa shape index (κ3) is 8.06. The van der Waals surface area contributed by atoms with Gasteiger partial charge in [0.2, 0.25) is 5.91 Å². The largest absolute Gasteiger partial charge is 0.480 e. The SMILES string of the molecule is Cc1cn(CC(=O)N[C@@H](CCCNC(=O)OC(C)(C)C)C(=O)O)c(=O)[nH]c1=O. The van der Waals surface area contributed by atoms with Crippen molar-refractivity contribution in [3.8, 4) is 0 Å². The van der Waals surface area contributed by atoms with Crippen molar-refractivity contribution in [2.24, 2.45) is 0 Å². The Morgan fingerprint density at radius 2 is 1.93 bits per heavy atom. The zero-order valence-corrected chi connectivity index (χ0v) is 16.3. The first-order valence-corrected chi connectivity index (χ1v) is 8.68. The van der Waals surface area contributed by atoms with Crippen LogP contribution in [0.15, 0.2) is 15.8 Å². The topological polar surface area (TPSA) is 160 Å². The van der Waals surface area contributed by atoms with Crippen molar-refractivity contribution in [2.75, 3.05) is 6.54 Å². The molecule has 0 saturated carbocycles. The van der Waals surface area contributed by atoms with E-state index >= 15 is 0 Å². The van der Waals surface area contributed by atoms with Gasteiger partial charge in [-0.15, -0.1) is 0 Å². The summed E-state index contributed by atoms with van der Waals surface area (Å²) < 4.78 is 6.04. The second-order valence-corrected chi connectivity index (χ2v) is 7.23. The van der Waals surface area contributed by atoms with E-state index in [1.165, 1.54) is 13.1 Å². The van der Waals surface area contributed by atoms with Crippen LogP contribution in [0, 0.1) is 6.92 Å². The number of aryl methyl sites for hydroxylation is 1. The predicted molar refractivity (Wildman–Crippen MR) is 99.1 cm³/mol. The Morgan fingerprint density at radius 1 is 1.29 bits per heavy atom. The maximum Gasteiger partial charge on any atom is 0.407 e. The van der Waals surface area contributed by atoms with E-state index in [2.05, 4.69) is 15.6 Å². The fourth-order valence-corrected chi connectivity index (χ4v) is 2.20. The monoisotopic (exact) mass is 398 g/mol. The fourth-order valence-electron chi connectivity index (χ4n) is 2.20. The fraction of sp³-hybridized carbons (Fsp3) is 0.588. The van der Waals surface area contributed by atoms with Crippen LogP contribution in [0.3, 0.4) is 0 Å². The number of aliphatic carboxylic acids is 1. The van der Waals surface area contributed by atoms with Crippen LogP contribution in [-0.4, -0.2) is 50.8 Å².